The zero-order valence-electron chi connectivity index (χ0n) is 16.8. The van der Waals surface area contributed by atoms with Gasteiger partial charge in [0.1, 0.15) is 18.1 Å². The molecule has 1 aliphatic rings. The summed E-state index contributed by atoms with van der Waals surface area (Å²) in [6, 6.07) is 9.61. The average molecular weight is 412 g/mol. The Morgan fingerprint density at radius 2 is 1.97 bits per heavy atom. The average Bonchev–Trinajstić information content (AvgIpc) is 3.36. The van der Waals surface area contributed by atoms with Crippen LogP contribution in [0, 0.1) is 13.8 Å². The number of benzene rings is 1. The minimum Gasteiger partial charge on any atom is -0.488 e. The van der Waals surface area contributed by atoms with Gasteiger partial charge in [-0.3, -0.25) is 9.69 Å². The molecule has 0 unspecified atom stereocenters. The van der Waals surface area contributed by atoms with Crippen LogP contribution in [0.5, 0.6) is 5.75 Å². The van der Waals surface area contributed by atoms with Crippen LogP contribution in [0.1, 0.15) is 32.9 Å². The van der Waals surface area contributed by atoms with E-state index in [1.807, 2.05) is 43.0 Å². The largest absolute Gasteiger partial charge is 0.488 e. The zero-order chi connectivity index (χ0) is 20.2. The molecule has 3 aromatic rings. The fourth-order valence-corrected chi connectivity index (χ4v) is 4.21. The van der Waals surface area contributed by atoms with Gasteiger partial charge in [0, 0.05) is 32.7 Å². The summed E-state index contributed by atoms with van der Waals surface area (Å²) in [7, 11) is 0. The molecule has 29 heavy (non-hydrogen) atoms. The van der Waals surface area contributed by atoms with Crippen molar-refractivity contribution in [1.29, 1.82) is 0 Å². The Labute approximate surface area is 174 Å². The van der Waals surface area contributed by atoms with Crippen molar-refractivity contribution < 1.29 is 14.1 Å². The van der Waals surface area contributed by atoms with Gasteiger partial charge in [-0.15, -0.1) is 0 Å². The maximum absolute atomic E-state index is 13.1. The van der Waals surface area contributed by atoms with E-state index in [0.717, 1.165) is 49.7 Å². The Morgan fingerprint density at radius 1 is 1.17 bits per heavy atom. The molecule has 152 valence electrons. The van der Waals surface area contributed by atoms with E-state index in [1.54, 1.807) is 11.3 Å². The topological polar surface area (TPSA) is 58.8 Å². The molecule has 3 heterocycles. The highest BCUT2D eigenvalue weighted by atomic mass is 32.1. The molecule has 7 heteroatoms. The fraction of sp³-hybridized carbons (Fsp3) is 0.364. The van der Waals surface area contributed by atoms with E-state index >= 15 is 0 Å². The summed E-state index contributed by atoms with van der Waals surface area (Å²) in [5.74, 6) is 1.36. The first-order valence-corrected chi connectivity index (χ1v) is 10.7. The summed E-state index contributed by atoms with van der Waals surface area (Å²) < 4.78 is 11.2. The summed E-state index contributed by atoms with van der Waals surface area (Å²) in [4.78, 5) is 17.5. The number of thiophene rings is 1. The Balaban J connectivity index is 1.39. The number of aryl methyl sites for hydroxylation is 2. The zero-order valence-corrected chi connectivity index (χ0v) is 17.6. The Morgan fingerprint density at radius 3 is 2.66 bits per heavy atom. The van der Waals surface area contributed by atoms with Gasteiger partial charge in [-0.1, -0.05) is 17.3 Å². The fourth-order valence-electron chi connectivity index (χ4n) is 3.55. The summed E-state index contributed by atoms with van der Waals surface area (Å²) in [5.41, 5.74) is 3.68. The molecular formula is C22H25N3O3S. The highest BCUT2D eigenvalue weighted by Gasteiger charge is 2.24. The SMILES string of the molecule is Cc1noc(C)c1COc1ccccc1C(=O)N1CCN(Cc2ccsc2)CC1. The number of aromatic nitrogens is 1. The molecular weight excluding hydrogens is 386 g/mol. The monoisotopic (exact) mass is 411 g/mol. The molecule has 0 N–H and O–H groups in total. The predicted octanol–water partition coefficient (Wildman–Crippen LogP) is 3.89. The number of hydrogen-bond donors (Lipinski definition) is 0. The summed E-state index contributed by atoms with van der Waals surface area (Å²) in [6.07, 6.45) is 0. The first-order valence-electron chi connectivity index (χ1n) is 9.78. The molecule has 0 atom stereocenters. The Kier molecular flexibility index (Phi) is 5.97. The molecule has 1 saturated heterocycles. The van der Waals surface area contributed by atoms with Crippen molar-refractivity contribution in [3.8, 4) is 5.75 Å². The second-order valence-electron chi connectivity index (χ2n) is 7.29. The smallest absolute Gasteiger partial charge is 0.257 e. The second kappa shape index (κ2) is 8.80. The van der Waals surface area contributed by atoms with Crippen molar-refractivity contribution in [3.63, 3.8) is 0 Å². The van der Waals surface area contributed by atoms with Gasteiger partial charge in [-0.05, 0) is 48.4 Å². The molecule has 0 spiro atoms. The van der Waals surface area contributed by atoms with Crippen LogP contribution in [-0.2, 0) is 13.2 Å². The van der Waals surface area contributed by atoms with Gasteiger partial charge in [0.25, 0.3) is 5.91 Å². The number of para-hydroxylation sites is 1. The van der Waals surface area contributed by atoms with Crippen molar-refractivity contribution >= 4 is 17.2 Å². The minimum absolute atomic E-state index is 0.0227. The third-order valence-corrected chi connectivity index (χ3v) is 6.05. The molecule has 1 fully saturated rings. The molecule has 4 rings (SSSR count). The van der Waals surface area contributed by atoms with Gasteiger partial charge in [0.2, 0.25) is 0 Å². The quantitative estimate of drug-likeness (QED) is 0.616. The predicted molar refractivity (Wildman–Crippen MR) is 112 cm³/mol. The highest BCUT2D eigenvalue weighted by Crippen LogP contribution is 2.23. The number of hydrogen-bond acceptors (Lipinski definition) is 6. The number of carbonyl (C=O) groups is 1. The van der Waals surface area contributed by atoms with Crippen LogP contribution < -0.4 is 4.74 Å². The first-order chi connectivity index (χ1) is 14.1. The number of carbonyl (C=O) groups excluding carboxylic acids is 1. The van der Waals surface area contributed by atoms with Crippen molar-refractivity contribution in [2.75, 3.05) is 26.2 Å². The molecule has 0 aliphatic carbocycles. The Hall–Kier alpha value is -2.64. The van der Waals surface area contributed by atoms with E-state index < -0.39 is 0 Å². The normalized spacial score (nSPS) is 14.9. The van der Waals surface area contributed by atoms with E-state index in [-0.39, 0.29) is 5.91 Å². The lowest BCUT2D eigenvalue weighted by atomic mass is 10.1. The van der Waals surface area contributed by atoms with Crippen molar-refractivity contribution in [2.24, 2.45) is 0 Å². The van der Waals surface area contributed by atoms with E-state index in [2.05, 4.69) is 26.9 Å². The number of nitrogens with zero attached hydrogens (tertiary/aromatic N) is 3. The number of rotatable bonds is 6. The second-order valence-corrected chi connectivity index (χ2v) is 8.07. The van der Waals surface area contributed by atoms with Crippen LogP contribution in [0.2, 0.25) is 0 Å². The standard InChI is InChI=1S/C22H25N3O3S/c1-16-20(17(2)28-23-16)14-27-21-6-4-3-5-19(21)22(26)25-10-8-24(9-11-25)13-18-7-12-29-15-18/h3-7,12,15H,8-11,13-14H2,1-2H3. The van der Waals surface area contributed by atoms with Gasteiger partial charge in [-0.2, -0.15) is 11.3 Å². The molecule has 0 saturated carbocycles. The maximum Gasteiger partial charge on any atom is 0.257 e. The molecule has 1 aliphatic heterocycles. The van der Waals surface area contributed by atoms with Gasteiger partial charge in [-0.25, -0.2) is 0 Å². The lowest BCUT2D eigenvalue weighted by Gasteiger charge is -2.34. The van der Waals surface area contributed by atoms with Gasteiger partial charge in [0.05, 0.1) is 16.8 Å². The lowest BCUT2D eigenvalue weighted by Crippen LogP contribution is -2.48. The van der Waals surface area contributed by atoms with Crippen molar-refractivity contribution in [2.45, 2.75) is 27.0 Å². The molecule has 6 nitrogen and oxygen atoms in total. The molecule has 1 amide bonds. The Bertz CT molecular complexity index is 940. The minimum atomic E-state index is 0.0227. The third kappa shape index (κ3) is 4.52. The van der Waals surface area contributed by atoms with Crippen LogP contribution in [0.3, 0.4) is 0 Å². The molecule has 1 aromatic carbocycles. The maximum atomic E-state index is 13.1. The first kappa shape index (κ1) is 19.7. The van der Waals surface area contributed by atoms with Crippen LogP contribution in [0.25, 0.3) is 0 Å². The van der Waals surface area contributed by atoms with Crippen molar-refractivity contribution in [3.05, 3.63) is 69.2 Å². The summed E-state index contributed by atoms with van der Waals surface area (Å²) in [5, 5.41) is 8.25. The number of ether oxygens (including phenoxy) is 1. The molecule has 0 bridgehead atoms. The van der Waals surface area contributed by atoms with Gasteiger partial charge < -0.3 is 14.2 Å². The van der Waals surface area contributed by atoms with Crippen molar-refractivity contribution in [1.82, 2.24) is 15.0 Å². The van der Waals surface area contributed by atoms with Crippen LogP contribution in [0.15, 0.2) is 45.6 Å². The van der Waals surface area contributed by atoms with E-state index in [9.17, 15) is 4.79 Å². The van der Waals surface area contributed by atoms with E-state index in [1.165, 1.54) is 5.56 Å². The van der Waals surface area contributed by atoms with Crippen LogP contribution in [0.4, 0.5) is 0 Å². The van der Waals surface area contributed by atoms with Gasteiger partial charge >= 0.3 is 0 Å². The molecule has 2 aromatic heterocycles. The van der Waals surface area contributed by atoms with Gasteiger partial charge in [0.15, 0.2) is 0 Å². The van der Waals surface area contributed by atoms with Crippen LogP contribution >= 0.6 is 11.3 Å². The highest BCUT2D eigenvalue weighted by molar-refractivity contribution is 7.07. The summed E-state index contributed by atoms with van der Waals surface area (Å²) in [6.45, 7) is 8.24. The van der Waals surface area contributed by atoms with E-state index in [0.29, 0.717) is 17.9 Å². The van der Waals surface area contributed by atoms with Crippen LogP contribution in [-0.4, -0.2) is 47.0 Å². The lowest BCUT2D eigenvalue weighted by molar-refractivity contribution is 0.0624. The van der Waals surface area contributed by atoms with E-state index in [4.69, 9.17) is 9.26 Å². The number of amides is 1. The third-order valence-electron chi connectivity index (χ3n) is 5.32. The molecule has 0 radical (unpaired) electrons. The number of piperazine rings is 1. The summed E-state index contributed by atoms with van der Waals surface area (Å²) >= 11 is 1.72.